The first-order valence-corrected chi connectivity index (χ1v) is 7.97. The lowest BCUT2D eigenvalue weighted by atomic mass is 10.1. The Morgan fingerprint density at radius 3 is 2.81 bits per heavy atom. The second kappa shape index (κ2) is 6.51. The summed E-state index contributed by atoms with van der Waals surface area (Å²) >= 11 is 0. The normalized spacial score (nSPS) is 12.2. The fourth-order valence-electron chi connectivity index (χ4n) is 2.74. The largest absolute Gasteiger partial charge is 0.454 e. The number of benzene rings is 2. The molecule has 1 aliphatic heterocycles. The minimum atomic E-state index is -0.434. The number of halogens is 1. The predicted molar refractivity (Wildman–Crippen MR) is 90.3 cm³/mol. The summed E-state index contributed by atoms with van der Waals surface area (Å²) in [5.74, 6) is 0.800. The van der Waals surface area contributed by atoms with Crippen molar-refractivity contribution in [2.24, 2.45) is 0 Å². The van der Waals surface area contributed by atoms with E-state index in [1.165, 1.54) is 17.0 Å². The first-order chi connectivity index (χ1) is 12.6. The molecule has 0 N–H and O–H groups in total. The summed E-state index contributed by atoms with van der Waals surface area (Å²) in [5.41, 5.74) is 1.27. The van der Waals surface area contributed by atoms with Crippen molar-refractivity contribution in [3.8, 4) is 22.8 Å². The average Bonchev–Trinajstić information content (AvgIpc) is 3.30. The fourth-order valence-corrected chi connectivity index (χ4v) is 2.74. The van der Waals surface area contributed by atoms with Gasteiger partial charge in [-0.25, -0.2) is 4.39 Å². The molecule has 0 saturated heterocycles. The molecule has 0 fully saturated rings. The summed E-state index contributed by atoms with van der Waals surface area (Å²) < 4.78 is 29.6. The highest BCUT2D eigenvalue weighted by molar-refractivity contribution is 5.93. The van der Waals surface area contributed by atoms with Crippen LogP contribution in [0.5, 0.6) is 11.5 Å². The number of rotatable bonds is 4. The van der Waals surface area contributed by atoms with Gasteiger partial charge in [0.15, 0.2) is 23.0 Å². The van der Waals surface area contributed by atoms with Crippen LogP contribution in [0.4, 0.5) is 4.39 Å². The standard InChI is InChI=1S/C19H15FN2O4/c1-22(10-12-6-7-16-18(8-12)25-11-24-16)19(23)15-9-17(26-21-15)13-4-2-3-5-14(13)20/h2-9H,10-11H2,1H3. The third-order valence-electron chi connectivity index (χ3n) is 4.07. The van der Waals surface area contributed by atoms with Crippen LogP contribution in [0, 0.1) is 5.82 Å². The van der Waals surface area contributed by atoms with E-state index in [9.17, 15) is 9.18 Å². The maximum Gasteiger partial charge on any atom is 0.276 e. The lowest BCUT2D eigenvalue weighted by Crippen LogP contribution is -2.26. The number of hydrogen-bond acceptors (Lipinski definition) is 5. The van der Waals surface area contributed by atoms with Gasteiger partial charge >= 0.3 is 0 Å². The van der Waals surface area contributed by atoms with E-state index in [0.29, 0.717) is 18.0 Å². The van der Waals surface area contributed by atoms with Crippen LogP contribution in [0.25, 0.3) is 11.3 Å². The molecule has 1 amide bonds. The van der Waals surface area contributed by atoms with Crippen LogP contribution in [-0.2, 0) is 6.54 Å². The van der Waals surface area contributed by atoms with Crippen LogP contribution in [0.3, 0.4) is 0 Å². The van der Waals surface area contributed by atoms with Crippen molar-refractivity contribution in [1.29, 1.82) is 0 Å². The molecule has 6 nitrogen and oxygen atoms in total. The van der Waals surface area contributed by atoms with Crippen LogP contribution in [0.2, 0.25) is 0 Å². The molecule has 0 bridgehead atoms. The van der Waals surface area contributed by atoms with Gasteiger partial charge in [0.05, 0.1) is 5.56 Å². The molecule has 132 valence electrons. The van der Waals surface area contributed by atoms with Gasteiger partial charge in [0.1, 0.15) is 5.82 Å². The molecule has 4 rings (SSSR count). The topological polar surface area (TPSA) is 64.8 Å². The zero-order valence-corrected chi connectivity index (χ0v) is 13.9. The van der Waals surface area contributed by atoms with E-state index in [-0.39, 0.29) is 29.7 Å². The monoisotopic (exact) mass is 354 g/mol. The minimum Gasteiger partial charge on any atom is -0.454 e. The van der Waals surface area contributed by atoms with E-state index in [4.69, 9.17) is 14.0 Å². The molecule has 0 atom stereocenters. The number of carbonyl (C=O) groups is 1. The lowest BCUT2D eigenvalue weighted by Gasteiger charge is -2.15. The molecular weight excluding hydrogens is 339 g/mol. The van der Waals surface area contributed by atoms with Gasteiger partial charge in [-0.1, -0.05) is 23.4 Å². The summed E-state index contributed by atoms with van der Waals surface area (Å²) in [7, 11) is 1.66. The Balaban J connectivity index is 1.50. The zero-order valence-electron chi connectivity index (χ0n) is 13.9. The highest BCUT2D eigenvalue weighted by Crippen LogP contribution is 2.33. The Labute approximate surface area is 148 Å². The van der Waals surface area contributed by atoms with E-state index in [2.05, 4.69) is 5.16 Å². The molecule has 3 aromatic rings. The Kier molecular flexibility index (Phi) is 4.04. The van der Waals surface area contributed by atoms with Crippen molar-refractivity contribution in [1.82, 2.24) is 10.1 Å². The molecule has 7 heteroatoms. The first kappa shape index (κ1) is 16.1. The fraction of sp³-hybridized carbons (Fsp3) is 0.158. The van der Waals surface area contributed by atoms with Crippen molar-refractivity contribution in [3.05, 3.63) is 65.6 Å². The van der Waals surface area contributed by atoms with Gasteiger partial charge in [-0.15, -0.1) is 0 Å². The van der Waals surface area contributed by atoms with Crippen molar-refractivity contribution >= 4 is 5.91 Å². The molecule has 0 saturated carbocycles. The molecule has 2 aromatic carbocycles. The van der Waals surface area contributed by atoms with Gasteiger partial charge in [0.2, 0.25) is 6.79 Å². The van der Waals surface area contributed by atoms with E-state index in [0.717, 1.165) is 5.56 Å². The third kappa shape index (κ3) is 2.99. The maximum absolute atomic E-state index is 13.8. The SMILES string of the molecule is CN(Cc1ccc2c(c1)OCO2)C(=O)c1cc(-c2ccccc2F)on1. The molecule has 1 aliphatic rings. The molecule has 0 unspecified atom stereocenters. The number of hydrogen-bond donors (Lipinski definition) is 0. The highest BCUT2D eigenvalue weighted by atomic mass is 19.1. The van der Waals surface area contributed by atoms with Gasteiger partial charge in [0.25, 0.3) is 5.91 Å². The van der Waals surface area contributed by atoms with Crippen molar-refractivity contribution < 1.29 is 23.2 Å². The van der Waals surface area contributed by atoms with Gasteiger partial charge in [-0.2, -0.15) is 0 Å². The number of fused-ring (bicyclic) bond motifs is 1. The highest BCUT2D eigenvalue weighted by Gasteiger charge is 2.20. The summed E-state index contributed by atoms with van der Waals surface area (Å²) in [6.07, 6.45) is 0. The zero-order chi connectivity index (χ0) is 18.1. The van der Waals surface area contributed by atoms with Crippen molar-refractivity contribution in [2.45, 2.75) is 6.54 Å². The molecule has 2 heterocycles. The third-order valence-corrected chi connectivity index (χ3v) is 4.07. The average molecular weight is 354 g/mol. The van der Waals surface area contributed by atoms with Crippen LogP contribution in [0.1, 0.15) is 16.1 Å². The Morgan fingerprint density at radius 1 is 1.15 bits per heavy atom. The van der Waals surface area contributed by atoms with Crippen LogP contribution in [0.15, 0.2) is 53.1 Å². The van der Waals surface area contributed by atoms with E-state index in [1.807, 2.05) is 18.2 Å². The van der Waals surface area contributed by atoms with Gasteiger partial charge in [0, 0.05) is 19.7 Å². The van der Waals surface area contributed by atoms with Gasteiger partial charge < -0.3 is 18.9 Å². The number of aromatic nitrogens is 1. The van der Waals surface area contributed by atoms with Crippen LogP contribution >= 0.6 is 0 Å². The number of nitrogens with zero attached hydrogens (tertiary/aromatic N) is 2. The molecule has 0 aliphatic carbocycles. The maximum atomic E-state index is 13.8. The molecule has 0 radical (unpaired) electrons. The summed E-state index contributed by atoms with van der Waals surface area (Å²) in [4.78, 5) is 14.1. The van der Waals surface area contributed by atoms with Gasteiger partial charge in [-0.05, 0) is 29.8 Å². The Morgan fingerprint density at radius 2 is 1.96 bits per heavy atom. The summed E-state index contributed by atoms with van der Waals surface area (Å²) in [6, 6.07) is 13.1. The molecule has 0 spiro atoms. The van der Waals surface area contributed by atoms with Crippen LogP contribution < -0.4 is 9.47 Å². The van der Waals surface area contributed by atoms with E-state index >= 15 is 0 Å². The minimum absolute atomic E-state index is 0.117. The quantitative estimate of drug-likeness (QED) is 0.718. The predicted octanol–water partition coefficient (Wildman–Crippen LogP) is 3.48. The smallest absolute Gasteiger partial charge is 0.276 e. The molecule has 1 aromatic heterocycles. The molecule has 26 heavy (non-hydrogen) atoms. The summed E-state index contributed by atoms with van der Waals surface area (Å²) in [6.45, 7) is 0.558. The lowest BCUT2D eigenvalue weighted by molar-refractivity contribution is 0.0774. The second-order valence-corrected chi connectivity index (χ2v) is 5.91. The van der Waals surface area contributed by atoms with Gasteiger partial charge in [-0.3, -0.25) is 4.79 Å². The first-order valence-electron chi connectivity index (χ1n) is 7.97. The Bertz CT molecular complexity index is 970. The number of carbonyl (C=O) groups excluding carboxylic acids is 1. The van der Waals surface area contributed by atoms with E-state index < -0.39 is 5.82 Å². The Hall–Kier alpha value is -3.35. The number of amides is 1. The van der Waals surface area contributed by atoms with Crippen LogP contribution in [-0.4, -0.2) is 29.8 Å². The summed E-state index contributed by atoms with van der Waals surface area (Å²) in [5, 5.41) is 3.78. The van der Waals surface area contributed by atoms with E-state index in [1.54, 1.807) is 25.2 Å². The van der Waals surface area contributed by atoms with Crippen molar-refractivity contribution in [2.75, 3.05) is 13.8 Å². The molecular formula is C19H15FN2O4. The number of ether oxygens (including phenoxy) is 2. The second-order valence-electron chi connectivity index (χ2n) is 5.91. The van der Waals surface area contributed by atoms with Crippen molar-refractivity contribution in [3.63, 3.8) is 0 Å².